The van der Waals surface area contributed by atoms with Gasteiger partial charge in [0.25, 0.3) is 0 Å². The lowest BCUT2D eigenvalue weighted by Crippen LogP contribution is -2.24. The number of hydrogen-bond acceptors (Lipinski definition) is 4. The Labute approximate surface area is 195 Å². The molecule has 0 radical (unpaired) electrons. The number of pyridine rings is 2. The van der Waals surface area contributed by atoms with Gasteiger partial charge in [-0.1, -0.05) is 17.7 Å². The van der Waals surface area contributed by atoms with E-state index in [2.05, 4.69) is 10.3 Å². The summed E-state index contributed by atoms with van der Waals surface area (Å²) in [5.41, 5.74) is 3.98. The maximum absolute atomic E-state index is 13.3. The van der Waals surface area contributed by atoms with Crippen molar-refractivity contribution in [2.24, 2.45) is 0 Å². The van der Waals surface area contributed by atoms with E-state index in [1.54, 1.807) is 34.9 Å². The molecule has 0 unspecified atom stereocenters. The molecule has 2 heterocycles. The van der Waals surface area contributed by atoms with Crippen molar-refractivity contribution in [1.82, 2.24) is 9.55 Å². The summed E-state index contributed by atoms with van der Waals surface area (Å²) in [4.78, 5) is 43.2. The third-order valence-corrected chi connectivity index (χ3v) is 5.91. The zero-order valence-electron chi connectivity index (χ0n) is 18.5. The summed E-state index contributed by atoms with van der Waals surface area (Å²) < 4.78 is 1.65. The number of aromatic nitrogens is 2. The quantitative estimate of drug-likeness (QED) is 0.433. The van der Waals surface area contributed by atoms with Crippen molar-refractivity contribution in [2.75, 3.05) is 5.32 Å². The fourth-order valence-corrected chi connectivity index (χ4v) is 3.85. The van der Waals surface area contributed by atoms with E-state index in [9.17, 15) is 14.4 Å². The number of hydrogen-bond donors (Lipinski definition) is 1. The summed E-state index contributed by atoms with van der Waals surface area (Å²) in [6, 6.07) is 12.0. The van der Waals surface area contributed by atoms with Gasteiger partial charge < -0.3 is 9.88 Å². The van der Waals surface area contributed by atoms with Gasteiger partial charge in [-0.05, 0) is 73.9 Å². The predicted octanol–water partition coefficient (Wildman–Crippen LogP) is 4.84. The number of fused-ring (bicyclic) bond motifs is 1. The Morgan fingerprint density at radius 1 is 0.970 bits per heavy atom. The Hall–Kier alpha value is -3.77. The monoisotopic (exact) mass is 459 g/mol. The van der Waals surface area contributed by atoms with Crippen molar-refractivity contribution in [1.29, 1.82) is 0 Å². The molecule has 0 spiro atoms. The highest BCUT2D eigenvalue weighted by Gasteiger charge is 2.19. The minimum atomic E-state index is -0.414. The molecule has 0 atom stereocenters. The van der Waals surface area contributed by atoms with Crippen molar-refractivity contribution in [3.05, 3.63) is 104 Å². The Morgan fingerprint density at radius 3 is 2.39 bits per heavy atom. The van der Waals surface area contributed by atoms with Gasteiger partial charge in [-0.25, -0.2) is 0 Å². The molecule has 0 bridgehead atoms. The first kappa shape index (κ1) is 22.4. The lowest BCUT2D eigenvalue weighted by molar-refractivity contribution is -0.116. The summed E-state index contributed by atoms with van der Waals surface area (Å²) in [7, 11) is 0. The van der Waals surface area contributed by atoms with Crippen LogP contribution >= 0.6 is 11.6 Å². The number of nitrogens with zero attached hydrogens (tertiary/aromatic N) is 2. The van der Waals surface area contributed by atoms with Crippen LogP contribution in [0.25, 0.3) is 10.9 Å². The number of benzene rings is 2. The molecule has 7 heteroatoms. The Balaban J connectivity index is 1.81. The maximum Gasteiger partial charge on any atom is 0.244 e. The van der Waals surface area contributed by atoms with E-state index in [0.29, 0.717) is 27.2 Å². The standard InChI is InChI=1S/C26H22ClN3O3/c1-15-4-5-19(27)12-22(15)29-24(31)14-30-13-21(25(32)18-6-8-28-9-7-18)26(33)20-10-16(2)17(3)11-23(20)30/h4-13H,14H2,1-3H3,(H,29,31). The molecule has 4 rings (SSSR count). The molecule has 2 aromatic carbocycles. The highest BCUT2D eigenvalue weighted by Crippen LogP contribution is 2.22. The number of nitrogens with one attached hydrogen (secondary N) is 1. The van der Waals surface area contributed by atoms with Crippen LogP contribution in [-0.2, 0) is 11.3 Å². The number of halogens is 1. The molecule has 166 valence electrons. The second kappa shape index (κ2) is 9.00. The predicted molar refractivity (Wildman–Crippen MR) is 130 cm³/mol. The third-order valence-electron chi connectivity index (χ3n) is 5.67. The number of ketones is 1. The average molecular weight is 460 g/mol. The van der Waals surface area contributed by atoms with E-state index in [1.807, 2.05) is 32.9 Å². The molecule has 4 aromatic rings. The van der Waals surface area contributed by atoms with Crippen molar-refractivity contribution >= 4 is 39.9 Å². The second-order valence-corrected chi connectivity index (χ2v) is 8.46. The first-order valence-electron chi connectivity index (χ1n) is 10.4. The highest BCUT2D eigenvalue weighted by molar-refractivity contribution is 6.31. The molecular weight excluding hydrogens is 438 g/mol. The molecule has 33 heavy (non-hydrogen) atoms. The largest absolute Gasteiger partial charge is 0.337 e. The van der Waals surface area contributed by atoms with Crippen molar-refractivity contribution in [3.63, 3.8) is 0 Å². The van der Waals surface area contributed by atoms with Crippen LogP contribution in [0.3, 0.4) is 0 Å². The normalized spacial score (nSPS) is 10.9. The first-order valence-corrected chi connectivity index (χ1v) is 10.8. The molecule has 0 saturated heterocycles. The minimum absolute atomic E-state index is 0.00342. The van der Waals surface area contributed by atoms with Crippen LogP contribution in [-0.4, -0.2) is 21.2 Å². The Bertz CT molecular complexity index is 1460. The second-order valence-electron chi connectivity index (χ2n) is 8.03. The first-order chi connectivity index (χ1) is 15.7. The lowest BCUT2D eigenvalue weighted by Gasteiger charge is -2.15. The molecule has 1 N–H and O–H groups in total. The van der Waals surface area contributed by atoms with Crippen molar-refractivity contribution in [2.45, 2.75) is 27.3 Å². The van der Waals surface area contributed by atoms with Crippen LogP contribution in [0.4, 0.5) is 5.69 Å². The van der Waals surface area contributed by atoms with Gasteiger partial charge in [-0.15, -0.1) is 0 Å². The number of amides is 1. The number of anilines is 1. The maximum atomic E-state index is 13.3. The number of carbonyl (C=O) groups excluding carboxylic acids is 2. The van der Waals surface area contributed by atoms with Gasteiger partial charge in [-0.2, -0.15) is 0 Å². The summed E-state index contributed by atoms with van der Waals surface area (Å²) in [6.07, 6.45) is 4.47. The Morgan fingerprint density at radius 2 is 1.67 bits per heavy atom. The van der Waals surface area contributed by atoms with Crippen molar-refractivity contribution in [3.8, 4) is 0 Å². The van der Waals surface area contributed by atoms with Gasteiger partial charge in [0.15, 0.2) is 5.78 Å². The number of carbonyl (C=O) groups is 2. The topological polar surface area (TPSA) is 81.1 Å². The smallest absolute Gasteiger partial charge is 0.244 e. The molecule has 6 nitrogen and oxygen atoms in total. The average Bonchev–Trinajstić information content (AvgIpc) is 2.79. The number of aryl methyl sites for hydroxylation is 3. The van der Waals surface area contributed by atoms with Crippen LogP contribution < -0.4 is 10.7 Å². The number of rotatable bonds is 5. The zero-order chi connectivity index (χ0) is 23.7. The van der Waals surface area contributed by atoms with Gasteiger partial charge in [0.05, 0.1) is 11.1 Å². The van der Waals surface area contributed by atoms with E-state index in [1.165, 1.54) is 18.6 Å². The Kier molecular flexibility index (Phi) is 6.11. The van der Waals surface area contributed by atoms with E-state index >= 15 is 0 Å². The van der Waals surface area contributed by atoms with Gasteiger partial charge in [-0.3, -0.25) is 19.4 Å². The molecule has 0 aliphatic carbocycles. The fourth-order valence-electron chi connectivity index (χ4n) is 3.67. The molecular formula is C26H22ClN3O3. The van der Waals surface area contributed by atoms with Crippen LogP contribution in [0.1, 0.15) is 32.6 Å². The van der Waals surface area contributed by atoms with Crippen LogP contribution in [0, 0.1) is 20.8 Å². The minimum Gasteiger partial charge on any atom is -0.337 e. The van der Waals surface area contributed by atoms with Gasteiger partial charge in [0.1, 0.15) is 6.54 Å². The van der Waals surface area contributed by atoms with Gasteiger partial charge in [0, 0.05) is 40.3 Å². The van der Waals surface area contributed by atoms with Crippen LogP contribution in [0.5, 0.6) is 0 Å². The molecule has 0 fully saturated rings. The molecule has 1 amide bonds. The third kappa shape index (κ3) is 4.56. The van der Waals surface area contributed by atoms with Crippen LogP contribution in [0.2, 0.25) is 5.02 Å². The van der Waals surface area contributed by atoms with Crippen molar-refractivity contribution < 1.29 is 9.59 Å². The van der Waals surface area contributed by atoms with E-state index in [-0.39, 0.29) is 23.4 Å². The van der Waals surface area contributed by atoms with E-state index in [0.717, 1.165) is 16.7 Å². The molecule has 0 aliphatic heterocycles. The summed E-state index contributed by atoms with van der Waals surface area (Å²) >= 11 is 6.07. The van der Waals surface area contributed by atoms with E-state index < -0.39 is 5.78 Å². The molecule has 0 aliphatic rings. The lowest BCUT2D eigenvalue weighted by atomic mass is 10.0. The van der Waals surface area contributed by atoms with Crippen LogP contribution in [0.15, 0.2) is 65.8 Å². The fraction of sp³-hybridized carbons (Fsp3) is 0.154. The molecule has 0 saturated carbocycles. The summed E-state index contributed by atoms with van der Waals surface area (Å²) in [5, 5.41) is 3.78. The van der Waals surface area contributed by atoms with Gasteiger partial charge in [0.2, 0.25) is 11.3 Å². The SMILES string of the molecule is Cc1cc2c(=O)c(C(=O)c3ccncc3)cn(CC(=O)Nc3cc(Cl)ccc3C)c2cc1C. The van der Waals surface area contributed by atoms with Gasteiger partial charge >= 0.3 is 0 Å². The zero-order valence-corrected chi connectivity index (χ0v) is 19.2. The molecule has 2 aromatic heterocycles. The highest BCUT2D eigenvalue weighted by atomic mass is 35.5. The summed E-state index contributed by atoms with van der Waals surface area (Å²) in [6.45, 7) is 5.64. The summed E-state index contributed by atoms with van der Waals surface area (Å²) in [5.74, 6) is -0.715. The van der Waals surface area contributed by atoms with E-state index in [4.69, 9.17) is 11.6 Å².